The van der Waals surface area contributed by atoms with E-state index >= 15 is 0 Å². The van der Waals surface area contributed by atoms with Gasteiger partial charge in [-0.1, -0.05) is 0 Å². The van der Waals surface area contributed by atoms with Crippen molar-refractivity contribution in [3.63, 3.8) is 0 Å². The van der Waals surface area contributed by atoms with Gasteiger partial charge in [0, 0.05) is 12.8 Å². The minimum absolute atomic E-state index is 0.992. The molecule has 134 heavy (non-hydrogen) atoms. The van der Waals surface area contributed by atoms with Gasteiger partial charge in [-0.15, -0.1) is 0 Å². The second-order valence-electron chi connectivity index (χ2n) is 32.7. The number of nitrogens with two attached hydrogens (primary N) is 1. The van der Waals surface area contributed by atoms with E-state index in [1.54, 1.807) is 0 Å². The predicted octanol–water partition coefficient (Wildman–Crippen LogP) is -23.0. The summed E-state index contributed by atoms with van der Waals surface area (Å²) in [6, 6.07) is -2.48. The molecule has 52 atom stereocenters. The highest BCUT2D eigenvalue weighted by Gasteiger charge is 2.67. The van der Waals surface area contributed by atoms with Crippen LogP contribution >= 0.6 is 23.5 Å². The number of rotatable bonds is 39. The highest BCUT2D eigenvalue weighted by molar-refractivity contribution is 7.46. The Hall–Kier alpha value is -2.69. The van der Waals surface area contributed by atoms with Crippen LogP contribution < -0.4 is 5.73 Å². The van der Waals surface area contributed by atoms with Gasteiger partial charge in [0.05, 0.1) is 83.8 Å². The Bertz CT molecular complexity index is 3850. The van der Waals surface area contributed by atoms with E-state index < -0.39 is 426 Å². The molecule has 0 saturated carbocycles. The molecule has 39 N–H and O–H groups in total. The molecule has 0 amide bonds. The quantitative estimate of drug-likeness (QED) is 0.0254. The van der Waals surface area contributed by atoms with E-state index in [0.29, 0.717) is 0 Å². The normalized spacial score (nSPS) is 47.9. The molecule has 0 radical (unpaired) electrons. The highest BCUT2D eigenvalue weighted by Crippen LogP contribution is 2.52. The number of carboxylic acid groups (broad SMARTS) is 2. The topological polar surface area (TPSA) is 1060 Å². The largest absolute Gasteiger partial charge is 0.477 e. The van der Waals surface area contributed by atoms with Gasteiger partial charge in [0.2, 0.25) is 0 Å². The SMILES string of the molecule is C[C@@H]1O[C@@H](OC[C@H]2O[C@H](O[C@@H]3[C@H](O[C@@H]4O[C@H](CO[C@H]5O[C@H](CO)[C@@H](O)[C@H](O)[C@H]5O)[C@@H](O)[C@H](O)[C@H]4O)[C@@H](N)[C@@H](O[C@@H]4[C@H](O)[C@@H](O[C@H]5[C@H](OP(=O)(O)O)[C@@H]([C@H](CO)OP(=O)(O)O)O[C@H](O[C@H]6[C@@H]([C@H](O)CO)O[C@@](O)(C(=O)O)C[C@H]6O[C@]6(C(=O)O)C[C@@H](O)[C@@H](O)[C@@H]([C@H](O)CO)O6)[C@H]5OP(=O)(O)O)O[C@H]([C@@H](O)CO)[C@H]4O)O[C@@H]3CO)[C@H](O)C(O)[C@@H]2O)[C@H](O[C@@H]2O[C@H](CO)[C@@H](O)[C@H](O)[C@H]2O)[C@H](O)[C@H]1O. The predicted molar refractivity (Wildman–Crippen MR) is 397 cm³/mol. The standard InChI is InChI=1S/C66H114NO64P3/c1-13-26(79)36(89)51(124-57-38(91)33(86)29(82)20(8-72)114-57)61(112-13)111-12-24-31(84)34(87)39(92)58(116-24)119-47-21(9-73)115-55(25(67)49(47)122-59-40(93)35(88)30(83)23(117-59)11-110-56-37(90)32(85)28(81)19(7-71)113-56)123-50-41(94)43(15(76)4-68)118-60(42(50)95)125-52-53(130-133(104,105)106)48(22(10-74)129-132(101,102)103)121-62(54(52)131-134(107,108)109)120-46-18(3-65(100,63(96)97)127-45(46)17(78)6-70)126-66(64(98)99)2-14(75)27(80)44(128-66)16(77)5-69/h13-62,68-95,100H,2-12,67H2,1H3,(H,96,97)(H,98,99)(H2,101,102,103)(H2,104,105,106)(H2,107,108,109)/t13-,14+,15-,16+,17+,18+,19+,20+,21+,22-,23+,24+,25+,26-,27+,28+,29+,30+,31+,32-,33-,34?,35-,36+,37+,38+,39+,40+,41+,42-,43+,44+,45+,46+,47-,48+,49+,50-,51+,52-,53+,54-,55+,56-,57-,58+,59-,60+,61+,62-,65+,66+/m0/s1. The van der Waals surface area contributed by atoms with Crippen molar-refractivity contribution in [2.24, 2.45) is 5.73 Å². The number of hydrogen-bond donors (Lipinski definition) is 38. The van der Waals surface area contributed by atoms with Gasteiger partial charge in [0.1, 0.15) is 232 Å². The zero-order valence-corrected chi connectivity index (χ0v) is 71.8. The van der Waals surface area contributed by atoms with Crippen LogP contribution in [0.1, 0.15) is 19.8 Å². The number of phosphoric ester groups is 3. The Balaban J connectivity index is 1.04. The summed E-state index contributed by atoms with van der Waals surface area (Å²) in [5.74, 6) is -12.5. The van der Waals surface area contributed by atoms with Crippen LogP contribution in [-0.2, 0) is 127 Å². The van der Waals surface area contributed by atoms with E-state index in [1.165, 1.54) is 6.92 Å². The van der Waals surface area contributed by atoms with E-state index in [4.69, 9.17) is 105 Å². The fourth-order valence-corrected chi connectivity index (χ4v) is 18.0. The number of aliphatic hydroxyl groups is 29. The van der Waals surface area contributed by atoms with Gasteiger partial charge in [0.25, 0.3) is 11.6 Å². The lowest BCUT2D eigenvalue weighted by Crippen LogP contribution is -2.71. The van der Waals surface area contributed by atoms with E-state index in [-0.39, 0.29) is 0 Å². The summed E-state index contributed by atoms with van der Waals surface area (Å²) >= 11 is 0. The summed E-state index contributed by atoms with van der Waals surface area (Å²) in [5, 5.41) is 341. The van der Waals surface area contributed by atoms with Crippen molar-refractivity contribution >= 4 is 35.4 Å². The summed E-state index contributed by atoms with van der Waals surface area (Å²) in [5.41, 5.74) is 6.92. The number of carbonyl (C=O) groups is 2. The minimum atomic E-state index is -6.64. The maximum atomic E-state index is 13.5. The first-order valence-corrected chi connectivity index (χ1v) is 45.2. The Morgan fingerprint density at radius 2 is 0.784 bits per heavy atom. The molecular formula is C66H114NO64P3. The molecule has 0 aromatic heterocycles. The first kappa shape index (κ1) is 113. The van der Waals surface area contributed by atoms with Crippen molar-refractivity contribution in [3.05, 3.63) is 0 Å². The van der Waals surface area contributed by atoms with Crippen molar-refractivity contribution in [1.82, 2.24) is 0 Å². The Morgan fingerprint density at radius 3 is 1.27 bits per heavy atom. The van der Waals surface area contributed by atoms with Crippen LogP contribution in [0.3, 0.4) is 0 Å². The van der Waals surface area contributed by atoms with Crippen LogP contribution in [0.25, 0.3) is 0 Å². The summed E-state index contributed by atoms with van der Waals surface area (Å²) in [4.78, 5) is 89.7. The van der Waals surface area contributed by atoms with Crippen molar-refractivity contribution in [2.75, 3.05) is 59.5 Å². The fourth-order valence-electron chi connectivity index (χ4n) is 16.3. The second-order valence-corrected chi connectivity index (χ2v) is 36.3. The molecule has 782 valence electrons. The average molecular weight is 2040 g/mol. The first-order chi connectivity index (χ1) is 62.5. The van der Waals surface area contributed by atoms with Gasteiger partial charge < -0.3 is 283 Å². The Morgan fingerprint density at radius 1 is 0.366 bits per heavy atom. The lowest BCUT2D eigenvalue weighted by molar-refractivity contribution is -0.405. The summed E-state index contributed by atoms with van der Waals surface area (Å²) in [6.45, 7) is -11.2. The summed E-state index contributed by atoms with van der Waals surface area (Å²) in [6.07, 6.45) is -125. The number of aliphatic carboxylic acids is 2. The maximum absolute atomic E-state index is 13.5. The van der Waals surface area contributed by atoms with Gasteiger partial charge in [-0.2, -0.15) is 0 Å². The third kappa shape index (κ3) is 25.4. The number of hydrogen-bond acceptors (Lipinski definition) is 57. The number of phosphoric acid groups is 3. The average Bonchev–Trinajstić information content (AvgIpc) is 0.734. The summed E-state index contributed by atoms with van der Waals surface area (Å²) < 4.78 is 164. The smallest absolute Gasteiger partial charge is 0.470 e. The molecule has 68 heteroatoms. The molecule has 10 heterocycles. The third-order valence-electron chi connectivity index (χ3n) is 23.5. The van der Waals surface area contributed by atoms with Gasteiger partial charge in [-0.05, 0) is 6.92 Å². The number of carboxylic acids is 2. The van der Waals surface area contributed by atoms with Crippen molar-refractivity contribution in [2.45, 2.75) is 338 Å². The molecule has 10 saturated heterocycles. The second kappa shape index (κ2) is 46.6. The van der Waals surface area contributed by atoms with Crippen LogP contribution in [0, 0.1) is 0 Å². The molecule has 10 aliphatic heterocycles. The lowest BCUT2D eigenvalue weighted by atomic mass is 9.89. The molecule has 0 bridgehead atoms. The molecule has 65 nitrogen and oxygen atoms in total. The molecule has 0 aromatic rings. The van der Waals surface area contributed by atoms with Gasteiger partial charge in [-0.25, -0.2) is 23.3 Å². The van der Waals surface area contributed by atoms with Gasteiger partial charge in [0.15, 0.2) is 50.3 Å². The molecule has 0 aliphatic carbocycles. The summed E-state index contributed by atoms with van der Waals surface area (Å²) in [7, 11) is -19.5. The zero-order chi connectivity index (χ0) is 99.9. The molecular weight excluding hydrogens is 1920 g/mol. The third-order valence-corrected chi connectivity index (χ3v) is 25.1. The fraction of sp³-hybridized carbons (Fsp3) is 0.970. The molecule has 10 rings (SSSR count). The molecule has 10 fully saturated rings. The van der Waals surface area contributed by atoms with Crippen molar-refractivity contribution < 1.29 is 315 Å². The molecule has 0 spiro atoms. The monoisotopic (exact) mass is 2040 g/mol. The van der Waals surface area contributed by atoms with Gasteiger partial charge >= 0.3 is 35.4 Å². The first-order valence-electron chi connectivity index (χ1n) is 40.6. The lowest BCUT2D eigenvalue weighted by Gasteiger charge is -2.53. The molecule has 1 unspecified atom stereocenters. The molecule has 0 aromatic carbocycles. The van der Waals surface area contributed by atoms with Crippen molar-refractivity contribution in [3.8, 4) is 0 Å². The Kier molecular flexibility index (Phi) is 39.4. The number of aliphatic hydroxyl groups excluding tert-OH is 28. The van der Waals surface area contributed by atoms with E-state index in [2.05, 4.69) is 4.52 Å². The van der Waals surface area contributed by atoms with Crippen LogP contribution in [0.2, 0.25) is 0 Å². The van der Waals surface area contributed by atoms with Crippen LogP contribution in [-0.4, -0.2) is 577 Å². The van der Waals surface area contributed by atoms with Gasteiger partial charge in [-0.3, -0.25) is 13.6 Å². The zero-order valence-electron chi connectivity index (χ0n) is 69.1. The highest BCUT2D eigenvalue weighted by atomic mass is 31.2. The van der Waals surface area contributed by atoms with Crippen LogP contribution in [0.5, 0.6) is 0 Å². The van der Waals surface area contributed by atoms with E-state index in [0.717, 1.165) is 0 Å². The van der Waals surface area contributed by atoms with Crippen LogP contribution in [0.15, 0.2) is 0 Å². The molecule has 10 aliphatic rings. The van der Waals surface area contributed by atoms with Crippen molar-refractivity contribution in [1.29, 1.82) is 0 Å². The Labute approximate surface area is 751 Å². The maximum Gasteiger partial charge on any atom is 0.470 e. The van der Waals surface area contributed by atoms with E-state index in [1.807, 2.05) is 0 Å². The van der Waals surface area contributed by atoms with Crippen LogP contribution in [0.4, 0.5) is 0 Å². The van der Waals surface area contributed by atoms with E-state index in [9.17, 15) is 211 Å². The number of ether oxygens (including phenoxy) is 19. The minimum Gasteiger partial charge on any atom is -0.477 e.